The zero-order valence-electron chi connectivity index (χ0n) is 14.6. The van der Waals surface area contributed by atoms with Gasteiger partial charge in [-0.25, -0.2) is 4.39 Å². The molecule has 2 aromatic carbocycles. The topological polar surface area (TPSA) is 47.6 Å². The van der Waals surface area contributed by atoms with Gasteiger partial charge in [0.15, 0.2) is 6.61 Å². The van der Waals surface area contributed by atoms with E-state index in [4.69, 9.17) is 9.47 Å². The van der Waals surface area contributed by atoms with Crippen molar-refractivity contribution in [1.82, 2.24) is 5.32 Å². The Morgan fingerprint density at radius 3 is 2.72 bits per heavy atom. The molecule has 4 nitrogen and oxygen atoms in total. The highest BCUT2D eigenvalue weighted by atomic mass is 19.1. The van der Waals surface area contributed by atoms with Crippen molar-refractivity contribution < 1.29 is 18.7 Å². The van der Waals surface area contributed by atoms with E-state index in [0.29, 0.717) is 12.2 Å². The van der Waals surface area contributed by atoms with Gasteiger partial charge in [0.05, 0.1) is 6.04 Å². The second-order valence-corrected chi connectivity index (χ2v) is 6.97. The van der Waals surface area contributed by atoms with E-state index in [9.17, 15) is 9.18 Å². The Kier molecular flexibility index (Phi) is 4.66. The first-order valence-corrected chi connectivity index (χ1v) is 8.30. The molecule has 25 heavy (non-hydrogen) atoms. The summed E-state index contributed by atoms with van der Waals surface area (Å²) in [5.74, 6) is 0.701. The standard InChI is InChI=1S/C20H22FNO3/c1-13-4-9-16-17(11-20(2,3)25-18(16)10-13)22-19(23)12-24-15-7-5-14(21)6-8-15/h4-10,17H,11-12H2,1-3H3,(H,22,23)/t17-/m0/s1. The van der Waals surface area contributed by atoms with Crippen LogP contribution in [-0.4, -0.2) is 18.1 Å². The van der Waals surface area contributed by atoms with Gasteiger partial charge in [-0.3, -0.25) is 4.79 Å². The first-order valence-electron chi connectivity index (χ1n) is 8.30. The minimum atomic E-state index is -0.365. The Hall–Kier alpha value is -2.56. The van der Waals surface area contributed by atoms with Crippen molar-refractivity contribution in [2.45, 2.75) is 38.8 Å². The van der Waals surface area contributed by atoms with Crippen LogP contribution in [0.2, 0.25) is 0 Å². The summed E-state index contributed by atoms with van der Waals surface area (Å²) in [5.41, 5.74) is 1.72. The number of fused-ring (bicyclic) bond motifs is 1. The molecule has 0 saturated heterocycles. The Morgan fingerprint density at radius 2 is 2.00 bits per heavy atom. The maximum atomic E-state index is 12.9. The lowest BCUT2D eigenvalue weighted by molar-refractivity contribution is -0.124. The fourth-order valence-electron chi connectivity index (χ4n) is 3.00. The molecule has 1 N–H and O–H groups in total. The molecule has 0 aliphatic carbocycles. The number of hydrogen-bond donors (Lipinski definition) is 1. The number of rotatable bonds is 4. The van der Waals surface area contributed by atoms with Crippen molar-refractivity contribution in [2.24, 2.45) is 0 Å². The van der Waals surface area contributed by atoms with Crippen LogP contribution in [0.1, 0.15) is 37.4 Å². The van der Waals surface area contributed by atoms with Crippen LogP contribution in [0.3, 0.4) is 0 Å². The summed E-state index contributed by atoms with van der Waals surface area (Å²) in [4.78, 5) is 12.3. The fourth-order valence-corrected chi connectivity index (χ4v) is 3.00. The van der Waals surface area contributed by atoms with E-state index in [1.165, 1.54) is 24.3 Å². The van der Waals surface area contributed by atoms with E-state index in [2.05, 4.69) is 5.32 Å². The lowest BCUT2D eigenvalue weighted by Crippen LogP contribution is -2.42. The number of ether oxygens (including phenoxy) is 2. The van der Waals surface area contributed by atoms with Crippen LogP contribution in [-0.2, 0) is 4.79 Å². The summed E-state index contributed by atoms with van der Waals surface area (Å²) in [6.45, 7) is 5.90. The predicted molar refractivity (Wildman–Crippen MR) is 93.3 cm³/mol. The van der Waals surface area contributed by atoms with Gasteiger partial charge in [-0.15, -0.1) is 0 Å². The van der Waals surface area contributed by atoms with Crippen LogP contribution in [0.4, 0.5) is 4.39 Å². The largest absolute Gasteiger partial charge is 0.487 e. The zero-order chi connectivity index (χ0) is 18.0. The summed E-state index contributed by atoms with van der Waals surface area (Å²) < 4.78 is 24.3. The molecule has 0 saturated carbocycles. The number of nitrogens with one attached hydrogen (secondary N) is 1. The number of amides is 1. The molecule has 5 heteroatoms. The van der Waals surface area contributed by atoms with Crippen LogP contribution >= 0.6 is 0 Å². The van der Waals surface area contributed by atoms with Crippen LogP contribution in [0, 0.1) is 12.7 Å². The molecule has 132 valence electrons. The molecule has 0 fully saturated rings. The van der Waals surface area contributed by atoms with Crippen molar-refractivity contribution in [2.75, 3.05) is 6.61 Å². The third kappa shape index (κ3) is 4.29. The van der Waals surface area contributed by atoms with E-state index in [-0.39, 0.29) is 30.0 Å². The van der Waals surface area contributed by atoms with Crippen LogP contribution < -0.4 is 14.8 Å². The van der Waals surface area contributed by atoms with Crippen molar-refractivity contribution in [3.8, 4) is 11.5 Å². The highest BCUT2D eigenvalue weighted by Gasteiger charge is 2.34. The SMILES string of the molecule is Cc1ccc2c(c1)OC(C)(C)C[C@@H]2NC(=O)COc1ccc(F)cc1. The number of halogens is 1. The molecule has 0 spiro atoms. The third-order valence-corrected chi connectivity index (χ3v) is 4.15. The molecule has 3 rings (SSSR count). The number of aryl methyl sites for hydroxylation is 1. The third-order valence-electron chi connectivity index (χ3n) is 4.15. The molecular weight excluding hydrogens is 321 g/mol. The first kappa shape index (κ1) is 17.3. The van der Waals surface area contributed by atoms with Crippen molar-refractivity contribution in [3.05, 3.63) is 59.4 Å². The van der Waals surface area contributed by atoms with Gasteiger partial charge in [-0.1, -0.05) is 12.1 Å². The van der Waals surface area contributed by atoms with Crippen molar-refractivity contribution >= 4 is 5.91 Å². The predicted octanol–water partition coefficient (Wildman–Crippen LogP) is 3.93. The van der Waals surface area contributed by atoms with Crippen molar-refractivity contribution in [1.29, 1.82) is 0 Å². The maximum Gasteiger partial charge on any atom is 0.258 e. The maximum absolute atomic E-state index is 12.9. The quantitative estimate of drug-likeness (QED) is 0.915. The summed E-state index contributed by atoms with van der Waals surface area (Å²) in [7, 11) is 0. The Morgan fingerprint density at radius 1 is 1.28 bits per heavy atom. The monoisotopic (exact) mass is 343 g/mol. The summed E-state index contributed by atoms with van der Waals surface area (Å²) in [6.07, 6.45) is 0.672. The first-order chi connectivity index (χ1) is 11.8. The summed E-state index contributed by atoms with van der Waals surface area (Å²) in [6, 6.07) is 11.4. The lowest BCUT2D eigenvalue weighted by atomic mass is 9.89. The van der Waals surface area contributed by atoms with E-state index in [0.717, 1.165) is 16.9 Å². The average molecular weight is 343 g/mol. The molecule has 1 amide bonds. The Labute approximate surface area is 147 Å². The second-order valence-electron chi connectivity index (χ2n) is 6.97. The Bertz CT molecular complexity index is 771. The molecule has 0 bridgehead atoms. The van der Waals surface area contributed by atoms with E-state index < -0.39 is 0 Å². The van der Waals surface area contributed by atoms with Crippen molar-refractivity contribution in [3.63, 3.8) is 0 Å². The molecule has 0 unspecified atom stereocenters. The van der Waals surface area contributed by atoms with Crippen LogP contribution in [0.15, 0.2) is 42.5 Å². The molecule has 2 aromatic rings. The Balaban J connectivity index is 1.67. The average Bonchev–Trinajstić information content (AvgIpc) is 2.52. The van der Waals surface area contributed by atoms with Gasteiger partial charge >= 0.3 is 0 Å². The molecule has 1 aliphatic heterocycles. The van der Waals surface area contributed by atoms with E-state index in [1.54, 1.807) is 0 Å². The number of carbonyl (C=O) groups excluding carboxylic acids is 1. The molecule has 1 aliphatic rings. The normalized spacial score (nSPS) is 18.0. The van der Waals surface area contributed by atoms with Crippen LogP contribution in [0.5, 0.6) is 11.5 Å². The fraction of sp³-hybridized carbons (Fsp3) is 0.350. The van der Waals surface area contributed by atoms with Gasteiger partial charge in [-0.2, -0.15) is 0 Å². The molecule has 0 radical (unpaired) electrons. The second kappa shape index (κ2) is 6.75. The van der Waals surface area contributed by atoms with Gasteiger partial charge < -0.3 is 14.8 Å². The summed E-state index contributed by atoms with van der Waals surface area (Å²) in [5, 5.41) is 3.01. The van der Waals surface area contributed by atoms with Gasteiger partial charge in [0.1, 0.15) is 22.9 Å². The minimum absolute atomic E-state index is 0.120. The van der Waals surface area contributed by atoms with Gasteiger partial charge in [0, 0.05) is 12.0 Å². The van der Waals surface area contributed by atoms with Gasteiger partial charge in [0.2, 0.25) is 0 Å². The number of benzene rings is 2. The van der Waals surface area contributed by atoms with E-state index in [1.807, 2.05) is 39.0 Å². The molecule has 1 atom stereocenters. The highest BCUT2D eigenvalue weighted by Crippen LogP contribution is 2.39. The van der Waals surface area contributed by atoms with Crippen LogP contribution in [0.25, 0.3) is 0 Å². The minimum Gasteiger partial charge on any atom is -0.487 e. The lowest BCUT2D eigenvalue weighted by Gasteiger charge is -2.38. The van der Waals surface area contributed by atoms with Gasteiger partial charge in [0.25, 0.3) is 5.91 Å². The van der Waals surface area contributed by atoms with E-state index >= 15 is 0 Å². The number of hydrogen-bond acceptors (Lipinski definition) is 3. The highest BCUT2D eigenvalue weighted by molar-refractivity contribution is 5.78. The smallest absolute Gasteiger partial charge is 0.258 e. The molecule has 1 heterocycles. The molecule has 0 aromatic heterocycles. The summed E-state index contributed by atoms with van der Waals surface area (Å²) >= 11 is 0. The molecular formula is C20H22FNO3. The van der Waals surface area contributed by atoms with Gasteiger partial charge in [-0.05, 0) is 56.7 Å². The number of carbonyl (C=O) groups is 1. The zero-order valence-corrected chi connectivity index (χ0v) is 14.6.